The van der Waals surface area contributed by atoms with E-state index in [2.05, 4.69) is 26.2 Å². The Hall–Kier alpha value is -1.90. The van der Waals surface area contributed by atoms with E-state index < -0.39 is 15.9 Å². The Bertz CT molecular complexity index is 1080. The van der Waals surface area contributed by atoms with Gasteiger partial charge < -0.3 is 5.32 Å². The molecule has 1 amide bonds. The average Bonchev–Trinajstić information content (AvgIpc) is 3.04. The molecule has 0 saturated carbocycles. The van der Waals surface area contributed by atoms with Crippen molar-refractivity contribution in [1.82, 2.24) is 14.3 Å². The maximum absolute atomic E-state index is 13.2. The fourth-order valence-corrected chi connectivity index (χ4v) is 4.48. The minimum absolute atomic E-state index is 0.0372. The number of halogens is 2. The Morgan fingerprint density at radius 1 is 1.31 bits per heavy atom. The molecule has 0 spiro atoms. The highest BCUT2D eigenvalue weighted by atomic mass is 79.9. The van der Waals surface area contributed by atoms with Crippen molar-refractivity contribution < 1.29 is 13.2 Å². The minimum Gasteiger partial charge on any atom is -0.351 e. The number of fused-ring (bicyclic) bond motifs is 1. The Kier molecular flexibility index (Phi) is 5.36. The summed E-state index contributed by atoms with van der Waals surface area (Å²) < 4.78 is 27.8. The van der Waals surface area contributed by atoms with E-state index in [0.717, 1.165) is 10.4 Å². The van der Waals surface area contributed by atoms with Crippen molar-refractivity contribution in [2.45, 2.75) is 18.2 Å². The summed E-state index contributed by atoms with van der Waals surface area (Å²) in [5.74, 6) is -0.503. The van der Waals surface area contributed by atoms with E-state index in [4.69, 9.17) is 11.6 Å². The number of carbonyl (C=O) groups excluding carboxylic acids is 1. The van der Waals surface area contributed by atoms with Crippen molar-refractivity contribution in [3.8, 4) is 0 Å². The molecule has 1 aromatic carbocycles. The molecule has 3 aromatic rings. The van der Waals surface area contributed by atoms with Gasteiger partial charge >= 0.3 is 0 Å². The number of carbonyl (C=O) groups is 1. The Morgan fingerprint density at radius 2 is 2.00 bits per heavy atom. The third kappa shape index (κ3) is 3.24. The normalized spacial score (nSPS) is 11.7. The van der Waals surface area contributed by atoms with Gasteiger partial charge in [-0.05, 0) is 40.5 Å². The maximum Gasteiger partial charge on any atom is 0.270 e. The number of nitrogens with zero attached hydrogens (tertiary/aromatic N) is 2. The monoisotopic (exact) mass is 455 g/mol. The Balaban J connectivity index is 2.32. The summed E-state index contributed by atoms with van der Waals surface area (Å²) in [6, 6.07) is 9.33. The summed E-state index contributed by atoms with van der Waals surface area (Å²) >= 11 is 9.56. The molecule has 0 atom stereocenters. The lowest BCUT2D eigenvalue weighted by Gasteiger charge is -2.11. The van der Waals surface area contributed by atoms with E-state index in [9.17, 15) is 13.2 Å². The van der Waals surface area contributed by atoms with Crippen LogP contribution in [-0.4, -0.2) is 29.8 Å². The summed E-state index contributed by atoms with van der Waals surface area (Å²) in [5.41, 5.74) is 0.0634. The van der Waals surface area contributed by atoms with Crippen LogP contribution in [0.1, 0.15) is 23.8 Å². The first kappa shape index (κ1) is 18.9. The van der Waals surface area contributed by atoms with Crippen molar-refractivity contribution in [1.29, 1.82) is 0 Å². The predicted molar refractivity (Wildman–Crippen MR) is 104 cm³/mol. The number of hydrogen-bond donors (Lipinski definition) is 1. The molecule has 9 heteroatoms. The SMILES string of the molecule is CCCNC(=O)c1cc2c(Cl)c(Br)cnc2n1S(=O)(=O)c1ccccc1. The van der Waals surface area contributed by atoms with Crippen LogP contribution in [0.25, 0.3) is 11.0 Å². The standard InChI is InChI=1S/C17H15BrClN3O3S/c1-2-8-20-17(23)14-9-12-15(19)13(18)10-21-16(12)22(14)26(24,25)11-6-4-3-5-7-11/h3-7,9-10H,2,8H2,1H3,(H,20,23). The van der Waals surface area contributed by atoms with Gasteiger partial charge in [-0.15, -0.1) is 0 Å². The quantitative estimate of drug-likeness (QED) is 0.633. The Labute approximate surface area is 164 Å². The van der Waals surface area contributed by atoms with Crippen LogP contribution in [0.15, 0.2) is 52.0 Å². The molecule has 0 saturated heterocycles. The van der Waals surface area contributed by atoms with E-state index in [1.54, 1.807) is 18.2 Å². The molecule has 0 radical (unpaired) electrons. The van der Waals surface area contributed by atoms with Gasteiger partial charge in [0.2, 0.25) is 0 Å². The molecule has 3 rings (SSSR count). The molecule has 0 fully saturated rings. The summed E-state index contributed by atoms with van der Waals surface area (Å²) in [6.07, 6.45) is 2.14. The molecule has 0 aliphatic heterocycles. The molecule has 2 aromatic heterocycles. The van der Waals surface area contributed by atoms with E-state index in [1.807, 2.05) is 6.92 Å². The lowest BCUT2D eigenvalue weighted by molar-refractivity contribution is 0.0948. The van der Waals surface area contributed by atoms with Crippen molar-refractivity contribution in [3.63, 3.8) is 0 Å². The molecule has 0 aliphatic carbocycles. The first-order chi connectivity index (χ1) is 12.4. The van der Waals surface area contributed by atoms with Gasteiger partial charge in [-0.1, -0.05) is 36.7 Å². The predicted octanol–water partition coefficient (Wildman–Crippen LogP) is 3.83. The third-order valence-electron chi connectivity index (χ3n) is 3.73. The molecule has 2 heterocycles. The zero-order chi connectivity index (χ0) is 18.9. The largest absolute Gasteiger partial charge is 0.351 e. The number of aromatic nitrogens is 2. The smallest absolute Gasteiger partial charge is 0.270 e. The van der Waals surface area contributed by atoms with Gasteiger partial charge in [0.1, 0.15) is 5.69 Å². The number of hydrogen-bond acceptors (Lipinski definition) is 4. The third-order valence-corrected chi connectivity index (χ3v) is 6.68. The van der Waals surface area contributed by atoms with Gasteiger partial charge in [0.25, 0.3) is 15.9 Å². The maximum atomic E-state index is 13.2. The molecule has 0 unspecified atom stereocenters. The molecular formula is C17H15BrClN3O3S. The van der Waals surface area contributed by atoms with Crippen molar-refractivity contribution in [3.05, 3.63) is 57.8 Å². The van der Waals surface area contributed by atoms with Gasteiger partial charge in [-0.25, -0.2) is 17.4 Å². The molecule has 6 nitrogen and oxygen atoms in total. The number of benzene rings is 1. The molecule has 1 N–H and O–H groups in total. The van der Waals surface area contributed by atoms with E-state index in [-0.39, 0.29) is 16.2 Å². The van der Waals surface area contributed by atoms with Crippen LogP contribution in [0.3, 0.4) is 0 Å². The van der Waals surface area contributed by atoms with E-state index >= 15 is 0 Å². The lowest BCUT2D eigenvalue weighted by atomic mass is 10.3. The summed E-state index contributed by atoms with van der Waals surface area (Å²) in [4.78, 5) is 16.8. The highest BCUT2D eigenvalue weighted by Crippen LogP contribution is 2.33. The van der Waals surface area contributed by atoms with Gasteiger partial charge in [-0.2, -0.15) is 0 Å². The molecular weight excluding hydrogens is 442 g/mol. The van der Waals surface area contributed by atoms with Gasteiger partial charge in [0.15, 0.2) is 5.65 Å². The number of nitrogens with one attached hydrogen (secondary N) is 1. The van der Waals surface area contributed by atoms with Crippen LogP contribution in [0.4, 0.5) is 0 Å². The number of pyridine rings is 1. The zero-order valence-corrected chi connectivity index (χ0v) is 16.9. The van der Waals surface area contributed by atoms with Crippen LogP contribution in [0, 0.1) is 0 Å². The van der Waals surface area contributed by atoms with Gasteiger partial charge in [-0.3, -0.25) is 4.79 Å². The fourth-order valence-electron chi connectivity index (χ4n) is 2.50. The van der Waals surface area contributed by atoms with E-state index in [0.29, 0.717) is 21.4 Å². The van der Waals surface area contributed by atoms with Gasteiger partial charge in [0.05, 0.1) is 14.4 Å². The number of rotatable bonds is 5. The van der Waals surface area contributed by atoms with Crippen LogP contribution in [0.2, 0.25) is 5.02 Å². The van der Waals surface area contributed by atoms with Crippen molar-refractivity contribution >= 4 is 54.5 Å². The minimum atomic E-state index is -4.03. The van der Waals surface area contributed by atoms with Crippen LogP contribution in [-0.2, 0) is 10.0 Å². The number of amides is 1. The van der Waals surface area contributed by atoms with Crippen molar-refractivity contribution in [2.24, 2.45) is 0 Å². The summed E-state index contributed by atoms with van der Waals surface area (Å²) in [6.45, 7) is 2.34. The van der Waals surface area contributed by atoms with Crippen molar-refractivity contribution in [2.75, 3.05) is 6.54 Å². The molecule has 26 heavy (non-hydrogen) atoms. The topological polar surface area (TPSA) is 81.1 Å². The zero-order valence-electron chi connectivity index (χ0n) is 13.7. The van der Waals surface area contributed by atoms with E-state index in [1.165, 1.54) is 24.4 Å². The average molecular weight is 457 g/mol. The summed E-state index contributed by atoms with van der Waals surface area (Å²) in [5, 5.41) is 3.37. The van der Waals surface area contributed by atoms with Gasteiger partial charge in [0, 0.05) is 18.1 Å². The van der Waals surface area contributed by atoms with Crippen LogP contribution < -0.4 is 5.32 Å². The van der Waals surface area contributed by atoms with Crippen LogP contribution >= 0.6 is 27.5 Å². The highest BCUT2D eigenvalue weighted by molar-refractivity contribution is 9.10. The molecule has 0 bridgehead atoms. The first-order valence-electron chi connectivity index (χ1n) is 7.82. The Morgan fingerprint density at radius 3 is 2.65 bits per heavy atom. The fraction of sp³-hybridized carbons (Fsp3) is 0.176. The first-order valence-corrected chi connectivity index (χ1v) is 10.4. The second-order valence-corrected chi connectivity index (χ2v) is 8.54. The second-order valence-electron chi connectivity index (χ2n) is 5.53. The lowest BCUT2D eigenvalue weighted by Crippen LogP contribution is -2.28. The second kappa shape index (κ2) is 7.38. The highest BCUT2D eigenvalue weighted by Gasteiger charge is 2.28. The molecule has 136 valence electrons. The van der Waals surface area contributed by atoms with Crippen LogP contribution in [0.5, 0.6) is 0 Å². The molecule has 0 aliphatic rings. The summed E-state index contributed by atoms with van der Waals surface area (Å²) in [7, 11) is -4.03.